The standard InChI is InChI=1S/C22H21N5OS/c1-2-5-17-16(4-1)21(24-20(23-17)18-6-3-13-29-18)27-11-9-14(10-12-27)19-25-22(28-26-19)15-7-8-15/h1-6,13-15H,7-12H2. The number of thiophene rings is 1. The number of fused-ring (bicyclic) bond motifs is 1. The zero-order valence-corrected chi connectivity index (χ0v) is 16.8. The Bertz CT molecular complexity index is 1140. The van der Waals surface area contributed by atoms with Crippen molar-refractivity contribution >= 4 is 28.1 Å². The van der Waals surface area contributed by atoms with Gasteiger partial charge in [-0.3, -0.25) is 0 Å². The lowest BCUT2D eigenvalue weighted by atomic mass is 9.96. The molecule has 146 valence electrons. The second kappa shape index (κ2) is 6.91. The lowest BCUT2D eigenvalue weighted by Crippen LogP contribution is -2.34. The van der Waals surface area contributed by atoms with E-state index >= 15 is 0 Å². The number of piperidine rings is 1. The van der Waals surface area contributed by atoms with Gasteiger partial charge in [-0.1, -0.05) is 23.4 Å². The molecular weight excluding hydrogens is 382 g/mol. The average molecular weight is 404 g/mol. The molecule has 3 aromatic heterocycles. The number of anilines is 1. The maximum atomic E-state index is 5.47. The highest BCUT2D eigenvalue weighted by molar-refractivity contribution is 7.13. The molecular formula is C22H21N5OS. The molecule has 29 heavy (non-hydrogen) atoms. The Morgan fingerprint density at radius 3 is 2.55 bits per heavy atom. The van der Waals surface area contributed by atoms with E-state index in [1.165, 1.54) is 12.8 Å². The Hall–Kier alpha value is -2.80. The van der Waals surface area contributed by atoms with Crippen LogP contribution in [-0.2, 0) is 0 Å². The Balaban J connectivity index is 1.28. The van der Waals surface area contributed by atoms with Gasteiger partial charge in [0.1, 0.15) is 5.82 Å². The molecule has 2 aliphatic rings. The van der Waals surface area contributed by atoms with Gasteiger partial charge in [-0.2, -0.15) is 4.98 Å². The maximum absolute atomic E-state index is 5.47. The van der Waals surface area contributed by atoms with Crippen molar-refractivity contribution in [3.05, 3.63) is 53.5 Å². The molecule has 0 N–H and O–H groups in total. The van der Waals surface area contributed by atoms with Crippen LogP contribution in [0.15, 0.2) is 46.3 Å². The maximum Gasteiger partial charge on any atom is 0.229 e. The molecule has 0 unspecified atom stereocenters. The van der Waals surface area contributed by atoms with Crippen molar-refractivity contribution in [1.82, 2.24) is 20.1 Å². The smallest absolute Gasteiger partial charge is 0.229 e. The topological polar surface area (TPSA) is 67.9 Å². The first-order valence-corrected chi connectivity index (χ1v) is 11.1. The Morgan fingerprint density at radius 2 is 1.76 bits per heavy atom. The van der Waals surface area contributed by atoms with Gasteiger partial charge in [0.25, 0.3) is 0 Å². The number of para-hydroxylation sites is 1. The van der Waals surface area contributed by atoms with Gasteiger partial charge in [0.15, 0.2) is 11.6 Å². The summed E-state index contributed by atoms with van der Waals surface area (Å²) in [7, 11) is 0. The molecule has 4 aromatic rings. The first kappa shape index (κ1) is 17.1. The van der Waals surface area contributed by atoms with Gasteiger partial charge >= 0.3 is 0 Å². The summed E-state index contributed by atoms with van der Waals surface area (Å²) in [6, 6.07) is 12.4. The van der Waals surface area contributed by atoms with Gasteiger partial charge in [-0.15, -0.1) is 11.3 Å². The van der Waals surface area contributed by atoms with Gasteiger partial charge in [0.05, 0.1) is 10.4 Å². The minimum Gasteiger partial charge on any atom is -0.356 e. The van der Waals surface area contributed by atoms with Crippen molar-refractivity contribution in [2.24, 2.45) is 0 Å². The van der Waals surface area contributed by atoms with Gasteiger partial charge in [-0.05, 0) is 49.3 Å². The summed E-state index contributed by atoms with van der Waals surface area (Å²) in [4.78, 5) is 17.9. The number of nitrogens with zero attached hydrogens (tertiary/aromatic N) is 5. The normalized spacial score (nSPS) is 17.9. The van der Waals surface area contributed by atoms with Crippen LogP contribution in [0, 0.1) is 0 Å². The fraction of sp³-hybridized carbons (Fsp3) is 0.364. The molecule has 1 aliphatic heterocycles. The van der Waals surface area contributed by atoms with Crippen molar-refractivity contribution in [3.8, 4) is 10.7 Å². The second-order valence-corrected chi connectivity index (χ2v) is 8.84. The fourth-order valence-corrected chi connectivity index (χ4v) is 4.73. The second-order valence-electron chi connectivity index (χ2n) is 7.89. The predicted molar refractivity (Wildman–Crippen MR) is 113 cm³/mol. The van der Waals surface area contributed by atoms with Crippen LogP contribution in [0.1, 0.15) is 49.2 Å². The summed E-state index contributed by atoms with van der Waals surface area (Å²) in [6.45, 7) is 1.87. The van der Waals surface area contributed by atoms with Gasteiger partial charge in [0.2, 0.25) is 5.89 Å². The van der Waals surface area contributed by atoms with E-state index in [4.69, 9.17) is 14.5 Å². The van der Waals surface area contributed by atoms with Crippen LogP contribution in [0.5, 0.6) is 0 Å². The monoisotopic (exact) mass is 403 g/mol. The highest BCUT2D eigenvalue weighted by Crippen LogP contribution is 2.40. The third-order valence-electron chi connectivity index (χ3n) is 5.87. The lowest BCUT2D eigenvalue weighted by Gasteiger charge is -2.32. The van der Waals surface area contributed by atoms with Crippen molar-refractivity contribution in [1.29, 1.82) is 0 Å². The third kappa shape index (κ3) is 3.19. The van der Waals surface area contributed by atoms with E-state index in [-0.39, 0.29) is 0 Å². The molecule has 6 rings (SSSR count). The van der Waals surface area contributed by atoms with Crippen LogP contribution in [0.2, 0.25) is 0 Å². The van der Waals surface area contributed by atoms with Crippen molar-refractivity contribution in [2.75, 3.05) is 18.0 Å². The third-order valence-corrected chi connectivity index (χ3v) is 6.73. The van der Waals surface area contributed by atoms with Crippen LogP contribution in [0.4, 0.5) is 5.82 Å². The summed E-state index contributed by atoms with van der Waals surface area (Å²) in [5.74, 6) is 4.45. The van der Waals surface area contributed by atoms with E-state index in [1.807, 2.05) is 12.1 Å². The van der Waals surface area contributed by atoms with E-state index in [0.717, 1.165) is 65.1 Å². The summed E-state index contributed by atoms with van der Waals surface area (Å²) >= 11 is 1.68. The molecule has 2 fully saturated rings. The largest absolute Gasteiger partial charge is 0.356 e. The Kier molecular flexibility index (Phi) is 4.08. The molecule has 1 saturated heterocycles. The molecule has 0 spiro atoms. The van der Waals surface area contributed by atoms with Crippen molar-refractivity contribution in [3.63, 3.8) is 0 Å². The number of benzene rings is 1. The Labute approximate surface area is 172 Å². The number of hydrogen-bond donors (Lipinski definition) is 0. The van der Waals surface area contributed by atoms with E-state index in [0.29, 0.717) is 11.8 Å². The van der Waals surface area contributed by atoms with Crippen molar-refractivity contribution in [2.45, 2.75) is 37.5 Å². The van der Waals surface area contributed by atoms with E-state index in [9.17, 15) is 0 Å². The summed E-state index contributed by atoms with van der Waals surface area (Å²) < 4.78 is 5.47. The highest BCUT2D eigenvalue weighted by atomic mass is 32.1. The van der Waals surface area contributed by atoms with Gasteiger partial charge in [0, 0.05) is 30.3 Å². The zero-order chi connectivity index (χ0) is 19.2. The van der Waals surface area contributed by atoms with Crippen molar-refractivity contribution < 1.29 is 4.52 Å². The highest BCUT2D eigenvalue weighted by Gasteiger charge is 2.32. The van der Waals surface area contributed by atoms with Crippen LogP contribution < -0.4 is 4.90 Å². The van der Waals surface area contributed by atoms with E-state index < -0.39 is 0 Å². The van der Waals surface area contributed by atoms with Gasteiger partial charge < -0.3 is 9.42 Å². The molecule has 0 radical (unpaired) electrons. The van der Waals surface area contributed by atoms with E-state index in [2.05, 4.69) is 44.7 Å². The number of aromatic nitrogens is 4. The molecule has 1 aromatic carbocycles. The molecule has 0 amide bonds. The zero-order valence-electron chi connectivity index (χ0n) is 16.0. The van der Waals surface area contributed by atoms with Gasteiger partial charge in [-0.25, -0.2) is 9.97 Å². The fourth-order valence-electron chi connectivity index (χ4n) is 4.08. The summed E-state index contributed by atoms with van der Waals surface area (Å²) in [6.07, 6.45) is 4.40. The van der Waals surface area contributed by atoms with Crippen LogP contribution in [0.3, 0.4) is 0 Å². The molecule has 1 aliphatic carbocycles. The first-order valence-electron chi connectivity index (χ1n) is 10.2. The molecule has 6 nitrogen and oxygen atoms in total. The minimum absolute atomic E-state index is 0.368. The predicted octanol–water partition coefficient (Wildman–Crippen LogP) is 5.00. The molecule has 0 atom stereocenters. The molecule has 7 heteroatoms. The van der Waals surface area contributed by atoms with Crippen LogP contribution in [0.25, 0.3) is 21.6 Å². The SMILES string of the molecule is c1csc(-c2nc(N3CCC(c4noc(C5CC5)n4)CC3)c3ccccc3n2)c1. The first-order chi connectivity index (χ1) is 14.3. The van der Waals surface area contributed by atoms with Crippen LogP contribution >= 0.6 is 11.3 Å². The molecule has 0 bridgehead atoms. The average Bonchev–Trinajstić information content (AvgIpc) is 3.27. The quantitative estimate of drug-likeness (QED) is 0.477. The molecule has 1 saturated carbocycles. The lowest BCUT2D eigenvalue weighted by molar-refractivity contribution is 0.365. The number of rotatable bonds is 4. The van der Waals surface area contributed by atoms with Crippen LogP contribution in [-0.4, -0.2) is 33.2 Å². The Morgan fingerprint density at radius 1 is 0.897 bits per heavy atom. The minimum atomic E-state index is 0.368. The summed E-state index contributed by atoms with van der Waals surface area (Å²) in [5.41, 5.74) is 0.996. The summed E-state index contributed by atoms with van der Waals surface area (Å²) in [5, 5.41) is 7.45. The molecule has 4 heterocycles. The van der Waals surface area contributed by atoms with E-state index in [1.54, 1.807) is 11.3 Å². The number of hydrogen-bond acceptors (Lipinski definition) is 7.